The van der Waals surface area contributed by atoms with Gasteiger partial charge in [0.15, 0.2) is 0 Å². The molecule has 1 aromatic rings. The second-order valence-corrected chi connectivity index (χ2v) is 3.10. The Balaban J connectivity index is 2.53. The van der Waals surface area contributed by atoms with Crippen LogP contribution in [-0.4, -0.2) is 5.11 Å². The summed E-state index contributed by atoms with van der Waals surface area (Å²) in [5.41, 5.74) is 0.901. The fraction of sp³-hybridized carbons (Fsp3) is 0.333. The minimum absolute atomic E-state index is 0.357. The number of aromatic hydroxyl groups is 1. The normalized spacial score (nSPS) is 10.8. The standard InChI is InChI=1S/C12H16O/c1-2-3-4-5-8-11-9-6-7-10-12(11)13/h5-10,13H,2-4H2,1H3. The Bertz CT molecular complexity index is 276. The molecule has 0 spiro atoms. The number of benzene rings is 1. The first-order valence-electron chi connectivity index (χ1n) is 4.79. The van der Waals surface area contributed by atoms with Crippen molar-refractivity contribution in [3.05, 3.63) is 35.9 Å². The van der Waals surface area contributed by atoms with Crippen molar-refractivity contribution in [3.63, 3.8) is 0 Å². The summed E-state index contributed by atoms with van der Waals surface area (Å²) in [6.45, 7) is 2.17. The van der Waals surface area contributed by atoms with Crippen LogP contribution in [0.3, 0.4) is 0 Å². The Kier molecular flexibility index (Phi) is 4.10. The van der Waals surface area contributed by atoms with Crippen LogP contribution in [0.4, 0.5) is 0 Å². The summed E-state index contributed by atoms with van der Waals surface area (Å²) in [6.07, 6.45) is 7.60. The monoisotopic (exact) mass is 176 g/mol. The van der Waals surface area contributed by atoms with Crippen molar-refractivity contribution in [2.45, 2.75) is 26.2 Å². The zero-order valence-corrected chi connectivity index (χ0v) is 8.03. The van der Waals surface area contributed by atoms with E-state index in [2.05, 4.69) is 13.0 Å². The Hall–Kier alpha value is -1.24. The van der Waals surface area contributed by atoms with Gasteiger partial charge in [0.05, 0.1) is 0 Å². The Morgan fingerprint density at radius 3 is 2.77 bits per heavy atom. The molecule has 70 valence electrons. The predicted molar refractivity (Wildman–Crippen MR) is 56.7 cm³/mol. The van der Waals surface area contributed by atoms with Crippen LogP contribution in [-0.2, 0) is 0 Å². The SMILES string of the molecule is CCCCC=Cc1ccccc1O. The predicted octanol–water partition coefficient (Wildman–Crippen LogP) is 3.60. The van der Waals surface area contributed by atoms with Crippen LogP contribution >= 0.6 is 0 Å². The molecule has 0 radical (unpaired) electrons. The molecular formula is C12H16O. The van der Waals surface area contributed by atoms with Crippen molar-refractivity contribution in [1.29, 1.82) is 0 Å². The molecule has 0 aromatic heterocycles. The third-order valence-electron chi connectivity index (χ3n) is 1.96. The molecule has 0 bridgehead atoms. The molecule has 0 atom stereocenters. The molecule has 0 saturated carbocycles. The Labute approximate surface area is 79.7 Å². The van der Waals surface area contributed by atoms with E-state index < -0.39 is 0 Å². The van der Waals surface area contributed by atoms with E-state index in [1.54, 1.807) is 6.07 Å². The number of phenolic OH excluding ortho intramolecular Hbond substituents is 1. The van der Waals surface area contributed by atoms with Crippen molar-refractivity contribution in [1.82, 2.24) is 0 Å². The molecule has 0 amide bonds. The van der Waals surface area contributed by atoms with Gasteiger partial charge < -0.3 is 5.11 Å². The van der Waals surface area contributed by atoms with Crippen LogP contribution in [0.5, 0.6) is 5.75 Å². The first kappa shape index (κ1) is 9.85. The number of para-hydroxylation sites is 1. The lowest BCUT2D eigenvalue weighted by atomic mass is 10.1. The van der Waals surface area contributed by atoms with E-state index in [-0.39, 0.29) is 0 Å². The van der Waals surface area contributed by atoms with Gasteiger partial charge in [-0.25, -0.2) is 0 Å². The number of unbranched alkanes of at least 4 members (excludes halogenated alkanes) is 2. The molecule has 1 nitrogen and oxygen atoms in total. The second kappa shape index (κ2) is 5.41. The lowest BCUT2D eigenvalue weighted by Gasteiger charge is -1.96. The van der Waals surface area contributed by atoms with Crippen molar-refractivity contribution < 1.29 is 5.11 Å². The van der Waals surface area contributed by atoms with Crippen LogP contribution in [0.15, 0.2) is 30.3 Å². The molecule has 0 heterocycles. The van der Waals surface area contributed by atoms with Gasteiger partial charge in [-0.1, -0.05) is 50.1 Å². The molecule has 1 heteroatoms. The van der Waals surface area contributed by atoms with E-state index in [4.69, 9.17) is 0 Å². The maximum absolute atomic E-state index is 9.42. The van der Waals surface area contributed by atoms with Gasteiger partial charge >= 0.3 is 0 Å². The first-order valence-corrected chi connectivity index (χ1v) is 4.79. The summed E-state index contributed by atoms with van der Waals surface area (Å²) in [6, 6.07) is 7.38. The zero-order chi connectivity index (χ0) is 9.52. The maximum atomic E-state index is 9.42. The molecule has 1 N–H and O–H groups in total. The van der Waals surface area contributed by atoms with Crippen LogP contribution in [0.25, 0.3) is 6.08 Å². The van der Waals surface area contributed by atoms with Crippen molar-refractivity contribution in [2.24, 2.45) is 0 Å². The minimum Gasteiger partial charge on any atom is -0.507 e. The number of allylic oxidation sites excluding steroid dienone is 1. The summed E-state index contributed by atoms with van der Waals surface area (Å²) in [7, 11) is 0. The summed E-state index contributed by atoms with van der Waals surface area (Å²) in [4.78, 5) is 0. The molecule has 1 aromatic carbocycles. The lowest BCUT2D eigenvalue weighted by molar-refractivity contribution is 0.474. The molecule has 0 saturated heterocycles. The third kappa shape index (κ3) is 3.32. The van der Waals surface area contributed by atoms with E-state index in [9.17, 15) is 5.11 Å². The van der Waals surface area contributed by atoms with Gasteiger partial charge in [0.25, 0.3) is 0 Å². The average molecular weight is 176 g/mol. The fourth-order valence-corrected chi connectivity index (χ4v) is 1.16. The molecule has 0 aliphatic carbocycles. The second-order valence-electron chi connectivity index (χ2n) is 3.10. The molecular weight excluding hydrogens is 160 g/mol. The van der Waals surface area contributed by atoms with Crippen molar-refractivity contribution >= 4 is 6.08 Å². The van der Waals surface area contributed by atoms with E-state index in [0.717, 1.165) is 12.0 Å². The smallest absolute Gasteiger partial charge is 0.122 e. The van der Waals surface area contributed by atoms with Crippen LogP contribution < -0.4 is 0 Å². The van der Waals surface area contributed by atoms with Gasteiger partial charge in [0.1, 0.15) is 5.75 Å². The summed E-state index contributed by atoms with van der Waals surface area (Å²) in [5, 5.41) is 9.42. The highest BCUT2D eigenvalue weighted by Crippen LogP contribution is 2.17. The lowest BCUT2D eigenvalue weighted by Crippen LogP contribution is -1.73. The topological polar surface area (TPSA) is 20.2 Å². The summed E-state index contributed by atoms with van der Waals surface area (Å²) >= 11 is 0. The molecule has 13 heavy (non-hydrogen) atoms. The highest BCUT2D eigenvalue weighted by Gasteiger charge is 1.92. The molecule has 0 unspecified atom stereocenters. The van der Waals surface area contributed by atoms with Crippen LogP contribution in [0.1, 0.15) is 31.7 Å². The van der Waals surface area contributed by atoms with Crippen molar-refractivity contribution in [3.8, 4) is 5.75 Å². The van der Waals surface area contributed by atoms with Gasteiger partial charge in [-0.3, -0.25) is 0 Å². The van der Waals surface area contributed by atoms with E-state index in [0.29, 0.717) is 5.75 Å². The van der Waals surface area contributed by atoms with Gasteiger partial charge in [0, 0.05) is 5.56 Å². The van der Waals surface area contributed by atoms with Gasteiger partial charge in [-0.05, 0) is 12.5 Å². The molecule has 1 rings (SSSR count). The first-order chi connectivity index (χ1) is 6.34. The Morgan fingerprint density at radius 2 is 2.08 bits per heavy atom. The molecule has 0 aliphatic rings. The van der Waals surface area contributed by atoms with Gasteiger partial charge in [-0.2, -0.15) is 0 Å². The van der Waals surface area contributed by atoms with Gasteiger partial charge in [-0.15, -0.1) is 0 Å². The van der Waals surface area contributed by atoms with Crippen LogP contribution in [0.2, 0.25) is 0 Å². The van der Waals surface area contributed by atoms with E-state index in [1.165, 1.54) is 12.8 Å². The summed E-state index contributed by atoms with van der Waals surface area (Å²) in [5.74, 6) is 0.357. The minimum atomic E-state index is 0.357. The average Bonchev–Trinajstić information content (AvgIpc) is 2.15. The van der Waals surface area contributed by atoms with E-state index >= 15 is 0 Å². The third-order valence-corrected chi connectivity index (χ3v) is 1.96. The maximum Gasteiger partial charge on any atom is 0.122 e. The van der Waals surface area contributed by atoms with Crippen molar-refractivity contribution in [2.75, 3.05) is 0 Å². The summed E-state index contributed by atoms with van der Waals surface area (Å²) < 4.78 is 0. The largest absolute Gasteiger partial charge is 0.507 e. The highest BCUT2D eigenvalue weighted by atomic mass is 16.3. The number of hydrogen-bond acceptors (Lipinski definition) is 1. The van der Waals surface area contributed by atoms with Gasteiger partial charge in [0.2, 0.25) is 0 Å². The zero-order valence-electron chi connectivity index (χ0n) is 8.03. The van der Waals surface area contributed by atoms with E-state index in [1.807, 2.05) is 24.3 Å². The highest BCUT2D eigenvalue weighted by molar-refractivity contribution is 5.56. The quantitative estimate of drug-likeness (QED) is 0.695. The molecule has 0 aliphatic heterocycles. The fourth-order valence-electron chi connectivity index (χ4n) is 1.16. The number of phenols is 1. The number of rotatable bonds is 4. The van der Waals surface area contributed by atoms with Crippen LogP contribution in [0, 0.1) is 0 Å². The number of hydrogen-bond donors (Lipinski definition) is 1. The molecule has 0 fully saturated rings. The Morgan fingerprint density at radius 1 is 1.31 bits per heavy atom.